The highest BCUT2D eigenvalue weighted by atomic mass is 127. The van der Waals surface area contributed by atoms with Crippen LogP contribution in [-0.4, -0.2) is 42.5 Å². The first-order chi connectivity index (χ1) is 7.87. The number of nitrogens with one attached hydrogen (secondary N) is 1. The lowest BCUT2D eigenvalue weighted by atomic mass is 10.1. The van der Waals surface area contributed by atoms with Gasteiger partial charge in [0, 0.05) is 12.1 Å². The van der Waals surface area contributed by atoms with Gasteiger partial charge in [0.15, 0.2) is 5.96 Å². The smallest absolute Gasteiger partial charge is 0.189 e. The summed E-state index contributed by atoms with van der Waals surface area (Å²) in [7, 11) is 0. The van der Waals surface area contributed by atoms with Gasteiger partial charge in [-0.25, -0.2) is 0 Å². The van der Waals surface area contributed by atoms with Crippen LogP contribution < -0.4 is 11.1 Å². The maximum absolute atomic E-state index is 9.61. The van der Waals surface area contributed by atoms with E-state index in [9.17, 15) is 5.11 Å². The summed E-state index contributed by atoms with van der Waals surface area (Å²) in [6.07, 6.45) is 1.95. The minimum atomic E-state index is -0.575. The molecule has 1 saturated carbocycles. The molecule has 0 aromatic heterocycles. The number of hydrogen-bond donors (Lipinski definition) is 3. The van der Waals surface area contributed by atoms with Gasteiger partial charge < -0.3 is 20.9 Å². The second-order valence-electron chi connectivity index (χ2n) is 5.74. The highest BCUT2D eigenvalue weighted by Crippen LogP contribution is 2.28. The van der Waals surface area contributed by atoms with Crippen molar-refractivity contribution in [2.75, 3.05) is 19.8 Å². The summed E-state index contributed by atoms with van der Waals surface area (Å²) >= 11 is 0. The van der Waals surface area contributed by atoms with Gasteiger partial charge in [0.05, 0.1) is 19.3 Å². The summed E-state index contributed by atoms with van der Waals surface area (Å²) in [4.78, 5) is 4.08. The Morgan fingerprint density at radius 1 is 1.50 bits per heavy atom. The quantitative estimate of drug-likeness (QED) is 0.371. The molecule has 1 rings (SSSR count). The van der Waals surface area contributed by atoms with Gasteiger partial charge in [0.2, 0.25) is 0 Å². The van der Waals surface area contributed by atoms with Crippen LogP contribution in [0, 0.1) is 5.92 Å². The van der Waals surface area contributed by atoms with Crippen molar-refractivity contribution in [3.05, 3.63) is 0 Å². The number of hydrogen-bond acceptors (Lipinski definition) is 3. The Bertz CT molecular complexity index is 263. The number of nitrogens with zero attached hydrogens (tertiary/aromatic N) is 1. The number of ether oxygens (including phenoxy) is 1. The van der Waals surface area contributed by atoms with Gasteiger partial charge in [-0.3, -0.25) is 4.99 Å². The summed E-state index contributed by atoms with van der Waals surface area (Å²) in [5.74, 6) is 1.08. The third-order valence-corrected chi connectivity index (χ3v) is 2.34. The minimum absolute atomic E-state index is 0. The summed E-state index contributed by atoms with van der Waals surface area (Å²) < 4.78 is 5.37. The number of nitrogens with two attached hydrogens (primary N) is 1. The normalized spacial score (nSPS) is 18.1. The monoisotopic (exact) mass is 371 g/mol. The number of aliphatic imine (C=N–C) groups is 1. The van der Waals surface area contributed by atoms with Gasteiger partial charge in [-0.1, -0.05) is 0 Å². The summed E-state index contributed by atoms with van der Waals surface area (Å²) in [6, 6.07) is 0. The predicted molar refractivity (Wildman–Crippen MR) is 84.3 cm³/mol. The van der Waals surface area contributed by atoms with Crippen LogP contribution in [0.5, 0.6) is 0 Å². The zero-order valence-electron chi connectivity index (χ0n) is 11.5. The maximum atomic E-state index is 9.61. The van der Waals surface area contributed by atoms with Gasteiger partial charge in [-0.05, 0) is 39.5 Å². The number of aliphatic hydroxyl groups excluding tert-OH is 1. The molecule has 0 aliphatic heterocycles. The fourth-order valence-corrected chi connectivity index (χ4v) is 1.34. The lowest BCUT2D eigenvalue weighted by molar-refractivity contribution is 0.0368. The Morgan fingerprint density at radius 2 is 2.11 bits per heavy atom. The number of halogens is 1. The Hall–Kier alpha value is -0.0800. The van der Waals surface area contributed by atoms with Crippen LogP contribution in [0.1, 0.15) is 33.6 Å². The van der Waals surface area contributed by atoms with Gasteiger partial charge in [-0.2, -0.15) is 0 Å². The molecule has 18 heavy (non-hydrogen) atoms. The number of guanidine groups is 1. The van der Waals surface area contributed by atoms with E-state index in [1.54, 1.807) is 0 Å². The van der Waals surface area contributed by atoms with Gasteiger partial charge in [0.25, 0.3) is 0 Å². The first-order valence-electron chi connectivity index (χ1n) is 6.21. The first kappa shape index (κ1) is 17.9. The van der Waals surface area contributed by atoms with Crippen molar-refractivity contribution in [1.82, 2.24) is 5.32 Å². The van der Waals surface area contributed by atoms with E-state index in [1.807, 2.05) is 20.8 Å². The molecule has 5 nitrogen and oxygen atoms in total. The molecule has 0 radical (unpaired) electrons. The topological polar surface area (TPSA) is 79.9 Å². The van der Waals surface area contributed by atoms with E-state index in [4.69, 9.17) is 10.5 Å². The SMILES string of the molecule is CC(C)(C)NC(N)=NCC(O)COCC1CC1.I. The molecule has 1 aliphatic rings. The Balaban J connectivity index is 0.00000289. The van der Waals surface area contributed by atoms with Crippen LogP contribution in [-0.2, 0) is 4.74 Å². The van der Waals surface area contributed by atoms with Crippen LogP contribution in [0.25, 0.3) is 0 Å². The minimum Gasteiger partial charge on any atom is -0.389 e. The van der Waals surface area contributed by atoms with Crippen molar-refractivity contribution in [1.29, 1.82) is 0 Å². The number of aliphatic hydroxyl groups is 1. The molecule has 1 aliphatic carbocycles. The molecule has 0 saturated heterocycles. The van der Waals surface area contributed by atoms with Gasteiger partial charge in [-0.15, -0.1) is 24.0 Å². The van der Waals surface area contributed by atoms with E-state index >= 15 is 0 Å². The second-order valence-corrected chi connectivity index (χ2v) is 5.74. The van der Waals surface area contributed by atoms with Crippen LogP contribution in [0.3, 0.4) is 0 Å². The van der Waals surface area contributed by atoms with E-state index in [0.717, 1.165) is 12.5 Å². The molecule has 6 heteroatoms. The molecule has 4 N–H and O–H groups in total. The molecule has 0 spiro atoms. The molecule has 108 valence electrons. The van der Waals surface area contributed by atoms with E-state index < -0.39 is 6.10 Å². The van der Waals surface area contributed by atoms with Gasteiger partial charge in [0.1, 0.15) is 0 Å². The van der Waals surface area contributed by atoms with E-state index in [1.165, 1.54) is 12.8 Å². The lowest BCUT2D eigenvalue weighted by Crippen LogP contribution is -2.45. The van der Waals surface area contributed by atoms with Crippen LogP contribution >= 0.6 is 24.0 Å². The maximum Gasteiger partial charge on any atom is 0.189 e. The largest absolute Gasteiger partial charge is 0.389 e. The molecular weight excluding hydrogens is 345 g/mol. The molecule has 1 atom stereocenters. The molecule has 0 amide bonds. The zero-order chi connectivity index (χ0) is 12.9. The van der Waals surface area contributed by atoms with Gasteiger partial charge >= 0.3 is 0 Å². The molecule has 0 aromatic carbocycles. The van der Waals surface area contributed by atoms with E-state index in [2.05, 4.69) is 10.3 Å². The van der Waals surface area contributed by atoms with E-state index in [-0.39, 0.29) is 36.1 Å². The molecule has 1 fully saturated rings. The van der Waals surface area contributed by atoms with Crippen LogP contribution in [0.4, 0.5) is 0 Å². The fourth-order valence-electron chi connectivity index (χ4n) is 1.34. The van der Waals surface area contributed by atoms with E-state index in [0.29, 0.717) is 12.6 Å². The standard InChI is InChI=1S/C12H25N3O2.HI/c1-12(2,3)15-11(13)14-6-10(16)8-17-7-9-4-5-9;/h9-10,16H,4-8H2,1-3H3,(H3,13,14,15);1H. The van der Waals surface area contributed by atoms with Crippen molar-refractivity contribution in [3.8, 4) is 0 Å². The molecular formula is C12H26IN3O2. The highest BCUT2D eigenvalue weighted by molar-refractivity contribution is 14.0. The van der Waals surface area contributed by atoms with Crippen molar-refractivity contribution in [2.24, 2.45) is 16.6 Å². The van der Waals surface area contributed by atoms with Crippen LogP contribution in [0.15, 0.2) is 4.99 Å². The molecule has 0 bridgehead atoms. The Kier molecular flexibility index (Phi) is 8.13. The Labute approximate surface area is 127 Å². The predicted octanol–water partition coefficient (Wildman–Crippen LogP) is 1.09. The third-order valence-electron chi connectivity index (χ3n) is 2.34. The summed E-state index contributed by atoms with van der Waals surface area (Å²) in [5.41, 5.74) is 5.57. The molecule has 0 heterocycles. The third kappa shape index (κ3) is 9.90. The summed E-state index contributed by atoms with van der Waals surface area (Å²) in [5, 5.41) is 12.6. The average molecular weight is 371 g/mol. The highest BCUT2D eigenvalue weighted by Gasteiger charge is 2.21. The number of rotatable bonds is 6. The lowest BCUT2D eigenvalue weighted by Gasteiger charge is -2.21. The second kappa shape index (κ2) is 8.16. The zero-order valence-corrected chi connectivity index (χ0v) is 13.8. The molecule has 1 unspecified atom stereocenters. The summed E-state index contributed by atoms with van der Waals surface area (Å²) in [6.45, 7) is 7.39. The van der Waals surface area contributed by atoms with Crippen molar-refractivity contribution in [3.63, 3.8) is 0 Å². The molecule has 0 aromatic rings. The van der Waals surface area contributed by atoms with Crippen LogP contribution in [0.2, 0.25) is 0 Å². The van der Waals surface area contributed by atoms with Crippen molar-refractivity contribution >= 4 is 29.9 Å². The van der Waals surface area contributed by atoms with Crippen molar-refractivity contribution < 1.29 is 9.84 Å². The first-order valence-corrected chi connectivity index (χ1v) is 6.21. The average Bonchev–Trinajstić information content (AvgIpc) is 2.96. The Morgan fingerprint density at radius 3 is 2.61 bits per heavy atom. The fraction of sp³-hybridized carbons (Fsp3) is 0.917. The van der Waals surface area contributed by atoms with Crippen molar-refractivity contribution in [2.45, 2.75) is 45.3 Å².